The van der Waals surface area contributed by atoms with Crippen LogP contribution < -0.4 is 16.0 Å². The molecule has 0 saturated heterocycles. The Hall–Kier alpha value is -2.01. The highest BCUT2D eigenvalue weighted by molar-refractivity contribution is 14.0. The van der Waals surface area contributed by atoms with Crippen molar-refractivity contribution in [2.24, 2.45) is 4.99 Å². The van der Waals surface area contributed by atoms with Crippen molar-refractivity contribution >= 4 is 35.8 Å². The molecular formula is C17H25IN4O4. The highest BCUT2D eigenvalue weighted by Crippen LogP contribution is 2.20. The topological polar surface area (TPSA) is 112 Å². The lowest BCUT2D eigenvalue weighted by Gasteiger charge is -2.19. The monoisotopic (exact) mass is 476 g/mol. The largest absolute Gasteiger partial charge is 0.466 e. The average molecular weight is 476 g/mol. The van der Waals surface area contributed by atoms with Gasteiger partial charge >= 0.3 is 0 Å². The predicted octanol–water partition coefficient (Wildman–Crippen LogP) is 1.68. The molecule has 1 unspecified atom stereocenters. The maximum Gasteiger partial charge on any atom is 0.287 e. The van der Waals surface area contributed by atoms with E-state index < -0.39 is 5.60 Å². The molecule has 144 valence electrons. The lowest BCUT2D eigenvalue weighted by Crippen LogP contribution is -2.42. The molecule has 0 saturated carbocycles. The van der Waals surface area contributed by atoms with Crippen molar-refractivity contribution in [2.75, 3.05) is 26.2 Å². The molecule has 2 aromatic heterocycles. The summed E-state index contributed by atoms with van der Waals surface area (Å²) in [6, 6.07) is 6.69. The third-order valence-corrected chi connectivity index (χ3v) is 3.39. The average Bonchev–Trinajstić information content (AvgIpc) is 3.29. The summed E-state index contributed by atoms with van der Waals surface area (Å²) < 4.78 is 10.3. The van der Waals surface area contributed by atoms with Gasteiger partial charge < -0.3 is 29.9 Å². The second-order valence-electron chi connectivity index (χ2n) is 5.61. The van der Waals surface area contributed by atoms with Crippen LogP contribution in [0.4, 0.5) is 0 Å². The zero-order chi connectivity index (χ0) is 18.1. The maximum atomic E-state index is 11.7. The summed E-state index contributed by atoms with van der Waals surface area (Å²) in [5, 5.41) is 19.3. The molecule has 1 atom stereocenters. The van der Waals surface area contributed by atoms with E-state index in [0.717, 1.165) is 0 Å². The first-order chi connectivity index (χ1) is 12.0. The summed E-state index contributed by atoms with van der Waals surface area (Å²) in [6.45, 7) is 5.27. The first-order valence-corrected chi connectivity index (χ1v) is 8.13. The van der Waals surface area contributed by atoms with Crippen molar-refractivity contribution in [2.45, 2.75) is 19.4 Å². The molecule has 1 amide bonds. The van der Waals surface area contributed by atoms with Crippen LogP contribution in [0.15, 0.2) is 50.6 Å². The summed E-state index contributed by atoms with van der Waals surface area (Å²) >= 11 is 0. The third-order valence-electron chi connectivity index (χ3n) is 3.39. The van der Waals surface area contributed by atoms with Gasteiger partial charge in [-0.1, -0.05) is 0 Å². The lowest BCUT2D eigenvalue weighted by molar-refractivity contribution is 0.0437. The number of nitrogens with one attached hydrogen (secondary N) is 3. The van der Waals surface area contributed by atoms with Gasteiger partial charge in [-0.05, 0) is 38.1 Å². The van der Waals surface area contributed by atoms with Gasteiger partial charge in [0.1, 0.15) is 11.4 Å². The van der Waals surface area contributed by atoms with E-state index in [1.165, 1.54) is 12.5 Å². The van der Waals surface area contributed by atoms with E-state index in [1.807, 2.05) is 6.92 Å². The number of furan rings is 2. The minimum absolute atomic E-state index is 0. The molecule has 9 heteroatoms. The molecule has 0 radical (unpaired) electrons. The molecular weight excluding hydrogens is 451 g/mol. The van der Waals surface area contributed by atoms with E-state index in [2.05, 4.69) is 20.9 Å². The molecule has 0 aliphatic carbocycles. The molecule has 4 N–H and O–H groups in total. The number of aliphatic hydroxyl groups is 1. The van der Waals surface area contributed by atoms with E-state index >= 15 is 0 Å². The Morgan fingerprint density at radius 1 is 1.15 bits per heavy atom. The fourth-order valence-corrected chi connectivity index (χ4v) is 2.09. The Labute approximate surface area is 169 Å². The number of amides is 1. The van der Waals surface area contributed by atoms with Crippen LogP contribution in [0.3, 0.4) is 0 Å². The lowest BCUT2D eigenvalue weighted by atomic mass is 10.0. The normalized spacial score (nSPS) is 13.4. The van der Waals surface area contributed by atoms with Crippen molar-refractivity contribution in [3.8, 4) is 0 Å². The fraction of sp³-hybridized carbons (Fsp3) is 0.412. The Morgan fingerprint density at radius 3 is 2.46 bits per heavy atom. The zero-order valence-corrected chi connectivity index (χ0v) is 17.2. The number of hydrogen-bond donors (Lipinski definition) is 4. The summed E-state index contributed by atoms with van der Waals surface area (Å²) in [7, 11) is 0. The first kappa shape index (κ1) is 22.0. The van der Waals surface area contributed by atoms with Crippen LogP contribution >= 0.6 is 24.0 Å². The van der Waals surface area contributed by atoms with E-state index in [-0.39, 0.29) is 42.2 Å². The van der Waals surface area contributed by atoms with Gasteiger partial charge in [-0.2, -0.15) is 0 Å². The molecule has 0 bridgehead atoms. The van der Waals surface area contributed by atoms with Gasteiger partial charge in [0.05, 0.1) is 19.1 Å². The van der Waals surface area contributed by atoms with Gasteiger partial charge in [0.25, 0.3) is 5.91 Å². The van der Waals surface area contributed by atoms with Crippen molar-refractivity contribution < 1.29 is 18.7 Å². The van der Waals surface area contributed by atoms with Crippen molar-refractivity contribution in [1.82, 2.24) is 16.0 Å². The van der Waals surface area contributed by atoms with Gasteiger partial charge in [-0.15, -0.1) is 24.0 Å². The quantitative estimate of drug-likeness (QED) is 0.200. The minimum Gasteiger partial charge on any atom is -0.466 e. The number of rotatable bonds is 8. The summed E-state index contributed by atoms with van der Waals surface area (Å²) in [4.78, 5) is 16.1. The van der Waals surface area contributed by atoms with E-state index in [1.54, 1.807) is 31.2 Å². The Bertz CT molecular complexity index is 669. The Kier molecular flexibility index (Phi) is 9.21. The molecule has 2 aromatic rings. The number of aliphatic imine (C=N–C) groups is 1. The van der Waals surface area contributed by atoms with Crippen molar-refractivity contribution in [1.29, 1.82) is 0 Å². The number of nitrogens with zero attached hydrogens (tertiary/aromatic N) is 1. The number of hydrogen-bond acceptors (Lipinski definition) is 5. The third kappa shape index (κ3) is 6.71. The highest BCUT2D eigenvalue weighted by atomic mass is 127. The summed E-state index contributed by atoms with van der Waals surface area (Å²) in [5.74, 6) is 1.00. The van der Waals surface area contributed by atoms with Crippen LogP contribution in [-0.4, -0.2) is 43.2 Å². The van der Waals surface area contributed by atoms with Crippen LogP contribution in [0, 0.1) is 0 Å². The van der Waals surface area contributed by atoms with Gasteiger partial charge in [-0.3, -0.25) is 4.79 Å². The van der Waals surface area contributed by atoms with E-state index in [9.17, 15) is 9.90 Å². The fourth-order valence-electron chi connectivity index (χ4n) is 2.09. The van der Waals surface area contributed by atoms with Gasteiger partial charge in [0.2, 0.25) is 0 Å². The summed E-state index contributed by atoms with van der Waals surface area (Å²) in [6.07, 6.45) is 2.96. The molecule has 8 nitrogen and oxygen atoms in total. The highest BCUT2D eigenvalue weighted by Gasteiger charge is 2.26. The SMILES string of the molecule is CCNC(=NCC(C)(O)c1ccco1)NCCNC(=O)c1ccco1.I. The van der Waals surface area contributed by atoms with Crippen LogP contribution in [0.5, 0.6) is 0 Å². The number of carbonyl (C=O) groups is 1. The molecule has 0 fully saturated rings. The van der Waals surface area contributed by atoms with Gasteiger partial charge in [0, 0.05) is 19.6 Å². The molecule has 0 spiro atoms. The van der Waals surface area contributed by atoms with E-state index in [0.29, 0.717) is 31.4 Å². The summed E-state index contributed by atoms with van der Waals surface area (Å²) in [5.41, 5.74) is -1.20. The standard InChI is InChI=1S/C17H24N4O4.HI/c1-3-18-16(21-12-17(2,23)14-7-5-11-25-14)20-9-8-19-15(22)13-6-4-10-24-13;/h4-7,10-11,23H,3,8-9,12H2,1-2H3,(H,19,22)(H2,18,20,21);1H. The van der Waals surface area contributed by atoms with Gasteiger partial charge in [0.15, 0.2) is 11.7 Å². The van der Waals surface area contributed by atoms with Gasteiger partial charge in [-0.25, -0.2) is 4.99 Å². The second kappa shape index (κ2) is 10.9. The zero-order valence-electron chi connectivity index (χ0n) is 14.8. The van der Waals surface area contributed by atoms with Crippen LogP contribution in [-0.2, 0) is 5.60 Å². The second-order valence-corrected chi connectivity index (χ2v) is 5.61. The number of carbonyl (C=O) groups excluding carboxylic acids is 1. The molecule has 2 heterocycles. The minimum atomic E-state index is -1.20. The molecule has 26 heavy (non-hydrogen) atoms. The number of guanidine groups is 1. The smallest absolute Gasteiger partial charge is 0.287 e. The van der Waals surface area contributed by atoms with Crippen LogP contribution in [0.25, 0.3) is 0 Å². The Morgan fingerprint density at radius 2 is 1.85 bits per heavy atom. The van der Waals surface area contributed by atoms with Crippen molar-refractivity contribution in [3.63, 3.8) is 0 Å². The van der Waals surface area contributed by atoms with Crippen molar-refractivity contribution in [3.05, 3.63) is 48.3 Å². The molecule has 0 aromatic carbocycles. The number of halogens is 1. The maximum absolute atomic E-state index is 11.7. The van der Waals surface area contributed by atoms with Crippen LogP contribution in [0.1, 0.15) is 30.2 Å². The van der Waals surface area contributed by atoms with Crippen LogP contribution in [0.2, 0.25) is 0 Å². The first-order valence-electron chi connectivity index (χ1n) is 8.13. The molecule has 0 aliphatic heterocycles. The predicted molar refractivity (Wildman–Crippen MR) is 109 cm³/mol. The Balaban J connectivity index is 0.00000338. The van der Waals surface area contributed by atoms with E-state index in [4.69, 9.17) is 8.83 Å². The molecule has 0 aliphatic rings. The molecule has 2 rings (SSSR count).